The fourth-order valence-corrected chi connectivity index (χ4v) is 2.95. The molecule has 2 amide bonds. The number of rotatable bonds is 1. The zero-order valence-electron chi connectivity index (χ0n) is 12.4. The van der Waals surface area contributed by atoms with Crippen LogP contribution >= 0.6 is 0 Å². The fraction of sp³-hybridized carbons (Fsp3) is 0.643. The third kappa shape index (κ3) is 2.53. The standard InChI is InChI=1S/C14H20N4O3/c1-10-13-15-12(14(20)16-5-7-21-8-6-16)9-17(13)3-4-18(10)11(2)19/h9-10H,3-8H2,1-2H3. The Morgan fingerprint density at radius 3 is 2.62 bits per heavy atom. The Morgan fingerprint density at radius 2 is 1.95 bits per heavy atom. The van der Waals surface area contributed by atoms with Crippen LogP contribution in [0.1, 0.15) is 36.2 Å². The normalized spacial score (nSPS) is 22.1. The SMILES string of the molecule is CC(=O)N1CCn2cc(C(=O)N3CCOCC3)nc2C1C. The van der Waals surface area contributed by atoms with Gasteiger partial charge in [0.05, 0.1) is 19.3 Å². The number of aromatic nitrogens is 2. The van der Waals surface area contributed by atoms with Crippen molar-refractivity contribution >= 4 is 11.8 Å². The van der Waals surface area contributed by atoms with Crippen molar-refractivity contribution in [2.45, 2.75) is 26.4 Å². The molecule has 2 aliphatic heterocycles. The Hall–Kier alpha value is -1.89. The predicted molar refractivity (Wildman–Crippen MR) is 74.8 cm³/mol. The van der Waals surface area contributed by atoms with Crippen molar-refractivity contribution in [3.05, 3.63) is 17.7 Å². The number of morpholine rings is 1. The van der Waals surface area contributed by atoms with E-state index >= 15 is 0 Å². The van der Waals surface area contributed by atoms with Gasteiger partial charge in [0.25, 0.3) is 5.91 Å². The third-order valence-corrected chi connectivity index (χ3v) is 4.15. The van der Waals surface area contributed by atoms with E-state index in [4.69, 9.17) is 4.74 Å². The second-order valence-corrected chi connectivity index (χ2v) is 5.47. The summed E-state index contributed by atoms with van der Waals surface area (Å²) in [5, 5.41) is 0. The molecule has 0 radical (unpaired) electrons. The summed E-state index contributed by atoms with van der Waals surface area (Å²) >= 11 is 0. The number of nitrogens with zero attached hydrogens (tertiary/aromatic N) is 4. The second kappa shape index (κ2) is 5.48. The zero-order valence-corrected chi connectivity index (χ0v) is 12.4. The summed E-state index contributed by atoms with van der Waals surface area (Å²) in [6.45, 7) is 7.22. The van der Waals surface area contributed by atoms with Crippen molar-refractivity contribution in [1.29, 1.82) is 0 Å². The van der Waals surface area contributed by atoms with Crippen LogP contribution in [0.15, 0.2) is 6.20 Å². The van der Waals surface area contributed by atoms with E-state index < -0.39 is 0 Å². The zero-order chi connectivity index (χ0) is 15.0. The fourth-order valence-electron chi connectivity index (χ4n) is 2.95. The average molecular weight is 292 g/mol. The summed E-state index contributed by atoms with van der Waals surface area (Å²) in [6.07, 6.45) is 1.81. The van der Waals surface area contributed by atoms with Crippen molar-refractivity contribution in [2.75, 3.05) is 32.8 Å². The molecule has 0 aromatic carbocycles. The molecule has 1 unspecified atom stereocenters. The monoisotopic (exact) mass is 292 g/mol. The Balaban J connectivity index is 1.82. The van der Waals surface area contributed by atoms with Gasteiger partial charge in [-0.2, -0.15) is 0 Å². The smallest absolute Gasteiger partial charge is 0.274 e. The molecule has 3 heterocycles. The first-order valence-electron chi connectivity index (χ1n) is 7.29. The molecule has 0 saturated carbocycles. The Labute approximate surface area is 123 Å². The molecule has 2 aliphatic rings. The second-order valence-electron chi connectivity index (χ2n) is 5.47. The van der Waals surface area contributed by atoms with Gasteiger partial charge < -0.3 is 19.1 Å². The van der Waals surface area contributed by atoms with E-state index in [0.29, 0.717) is 45.1 Å². The van der Waals surface area contributed by atoms with Crippen molar-refractivity contribution in [2.24, 2.45) is 0 Å². The van der Waals surface area contributed by atoms with Crippen molar-refractivity contribution in [3.63, 3.8) is 0 Å². The number of carbonyl (C=O) groups is 2. The van der Waals surface area contributed by atoms with Crippen LogP contribution in [0, 0.1) is 0 Å². The molecule has 0 spiro atoms. The molecule has 21 heavy (non-hydrogen) atoms. The number of ether oxygens (including phenoxy) is 1. The van der Waals surface area contributed by atoms with E-state index in [0.717, 1.165) is 5.82 Å². The molecule has 7 nitrogen and oxygen atoms in total. The highest BCUT2D eigenvalue weighted by molar-refractivity contribution is 5.92. The maximum absolute atomic E-state index is 12.5. The summed E-state index contributed by atoms with van der Waals surface area (Å²) in [4.78, 5) is 32.1. The van der Waals surface area contributed by atoms with E-state index in [1.54, 1.807) is 22.9 Å². The molecule has 114 valence electrons. The van der Waals surface area contributed by atoms with Gasteiger partial charge in [-0.3, -0.25) is 9.59 Å². The number of fused-ring (bicyclic) bond motifs is 1. The topological polar surface area (TPSA) is 67.7 Å². The molecular weight excluding hydrogens is 272 g/mol. The molecule has 1 saturated heterocycles. The van der Waals surface area contributed by atoms with Gasteiger partial charge >= 0.3 is 0 Å². The molecule has 0 aliphatic carbocycles. The lowest BCUT2D eigenvalue weighted by molar-refractivity contribution is -0.132. The summed E-state index contributed by atoms with van der Waals surface area (Å²) in [7, 11) is 0. The summed E-state index contributed by atoms with van der Waals surface area (Å²) in [5.41, 5.74) is 0.462. The number of imidazole rings is 1. The summed E-state index contributed by atoms with van der Waals surface area (Å²) in [6, 6.07) is -0.0949. The van der Waals surface area contributed by atoms with E-state index in [2.05, 4.69) is 4.98 Å². The molecule has 1 atom stereocenters. The van der Waals surface area contributed by atoms with Crippen LogP contribution in [0.2, 0.25) is 0 Å². The first-order chi connectivity index (χ1) is 10.1. The van der Waals surface area contributed by atoms with Crippen LogP contribution in [0.4, 0.5) is 0 Å². The first-order valence-corrected chi connectivity index (χ1v) is 7.29. The summed E-state index contributed by atoms with van der Waals surface area (Å²) in [5.74, 6) is 0.771. The van der Waals surface area contributed by atoms with Gasteiger partial charge in [-0.05, 0) is 6.92 Å². The lowest BCUT2D eigenvalue weighted by Gasteiger charge is -2.32. The van der Waals surface area contributed by atoms with E-state index in [-0.39, 0.29) is 17.9 Å². The maximum atomic E-state index is 12.5. The molecular formula is C14H20N4O3. The highest BCUT2D eigenvalue weighted by Crippen LogP contribution is 2.25. The first kappa shape index (κ1) is 14.1. The van der Waals surface area contributed by atoms with Crippen LogP contribution in [-0.4, -0.2) is 64.0 Å². The van der Waals surface area contributed by atoms with E-state index in [9.17, 15) is 9.59 Å². The molecule has 0 N–H and O–H groups in total. The van der Waals surface area contributed by atoms with E-state index in [1.807, 2.05) is 11.5 Å². The molecule has 0 bridgehead atoms. The third-order valence-electron chi connectivity index (χ3n) is 4.15. The van der Waals surface area contributed by atoms with Crippen LogP contribution in [-0.2, 0) is 16.1 Å². The van der Waals surface area contributed by atoms with Crippen molar-refractivity contribution < 1.29 is 14.3 Å². The summed E-state index contributed by atoms with van der Waals surface area (Å²) < 4.78 is 7.24. The largest absolute Gasteiger partial charge is 0.378 e. The van der Waals surface area contributed by atoms with Gasteiger partial charge in [0.1, 0.15) is 11.5 Å². The van der Waals surface area contributed by atoms with Gasteiger partial charge in [0.2, 0.25) is 5.91 Å². The van der Waals surface area contributed by atoms with Gasteiger partial charge in [-0.15, -0.1) is 0 Å². The average Bonchev–Trinajstić information content (AvgIpc) is 2.92. The predicted octanol–water partition coefficient (Wildman–Crippen LogP) is 0.279. The van der Waals surface area contributed by atoms with Crippen LogP contribution in [0.3, 0.4) is 0 Å². The maximum Gasteiger partial charge on any atom is 0.274 e. The van der Waals surface area contributed by atoms with Gasteiger partial charge in [-0.25, -0.2) is 4.98 Å². The molecule has 1 aromatic rings. The van der Waals surface area contributed by atoms with Crippen LogP contribution in [0.5, 0.6) is 0 Å². The Morgan fingerprint density at radius 1 is 1.24 bits per heavy atom. The van der Waals surface area contributed by atoms with Gasteiger partial charge in [-0.1, -0.05) is 0 Å². The number of amides is 2. The highest BCUT2D eigenvalue weighted by atomic mass is 16.5. The van der Waals surface area contributed by atoms with E-state index in [1.165, 1.54) is 0 Å². The minimum atomic E-state index is -0.0949. The minimum absolute atomic E-state index is 0.0396. The Bertz CT molecular complexity index is 563. The van der Waals surface area contributed by atoms with Crippen LogP contribution < -0.4 is 0 Å². The number of carbonyl (C=O) groups excluding carboxylic acids is 2. The quantitative estimate of drug-likeness (QED) is 0.745. The minimum Gasteiger partial charge on any atom is -0.378 e. The highest BCUT2D eigenvalue weighted by Gasteiger charge is 2.30. The number of hydrogen-bond donors (Lipinski definition) is 0. The van der Waals surface area contributed by atoms with Crippen molar-refractivity contribution in [1.82, 2.24) is 19.4 Å². The molecule has 7 heteroatoms. The molecule has 1 fully saturated rings. The van der Waals surface area contributed by atoms with Gasteiger partial charge in [0.15, 0.2) is 0 Å². The van der Waals surface area contributed by atoms with Crippen LogP contribution in [0.25, 0.3) is 0 Å². The lowest BCUT2D eigenvalue weighted by atomic mass is 10.2. The lowest BCUT2D eigenvalue weighted by Crippen LogP contribution is -2.40. The Kier molecular flexibility index (Phi) is 3.67. The van der Waals surface area contributed by atoms with Gasteiger partial charge in [0, 0.05) is 39.3 Å². The molecule has 3 rings (SSSR count). The number of hydrogen-bond acceptors (Lipinski definition) is 4. The van der Waals surface area contributed by atoms with Crippen molar-refractivity contribution in [3.8, 4) is 0 Å². The molecule has 1 aromatic heterocycles.